The lowest BCUT2D eigenvalue weighted by atomic mass is 9.93. The molecule has 9 heteroatoms. The molecule has 2 heterocycles. The Morgan fingerprint density at radius 3 is 2.57 bits per heavy atom. The molecule has 28 heavy (non-hydrogen) atoms. The smallest absolute Gasteiger partial charge is 0.224 e. The number of anilines is 2. The summed E-state index contributed by atoms with van der Waals surface area (Å²) in [4.78, 5) is 13.3. The third-order valence-electron chi connectivity index (χ3n) is 4.69. The molecule has 1 fully saturated rings. The first-order chi connectivity index (χ1) is 12.7. The highest BCUT2D eigenvalue weighted by Crippen LogP contribution is 2.28. The topological polar surface area (TPSA) is 83.0 Å². The Bertz CT molecular complexity index is 702. The van der Waals surface area contributed by atoms with Gasteiger partial charge in [-0.3, -0.25) is 4.98 Å². The molecule has 2 aromatic heterocycles. The van der Waals surface area contributed by atoms with Crippen LogP contribution < -0.4 is 10.6 Å². The quantitative estimate of drug-likeness (QED) is 0.607. The minimum Gasteiger partial charge on any atom is -0.393 e. The normalized spacial score (nSPS) is 19.7. The van der Waals surface area contributed by atoms with Crippen LogP contribution in [0.4, 0.5) is 16.2 Å². The Balaban J connectivity index is 0.00000196. The highest BCUT2D eigenvalue weighted by Gasteiger charge is 2.21. The fraction of sp³-hybridized carbons (Fsp3) is 0.526. The van der Waals surface area contributed by atoms with Crippen LogP contribution in [0, 0.1) is 0 Å². The van der Waals surface area contributed by atoms with E-state index in [1.54, 1.807) is 12.4 Å². The predicted octanol–water partition coefficient (Wildman–Crippen LogP) is 4.26. The average molecular weight is 432 g/mol. The maximum atomic E-state index is 13.5. The van der Waals surface area contributed by atoms with Crippen molar-refractivity contribution < 1.29 is 9.50 Å². The van der Waals surface area contributed by atoms with Gasteiger partial charge in [0.15, 0.2) is 0 Å². The van der Waals surface area contributed by atoms with Crippen molar-refractivity contribution in [3.63, 3.8) is 0 Å². The number of aromatic nitrogens is 3. The van der Waals surface area contributed by atoms with Gasteiger partial charge in [0.25, 0.3) is 0 Å². The third-order valence-corrected chi connectivity index (χ3v) is 4.69. The second-order valence-electron chi connectivity index (χ2n) is 6.71. The van der Waals surface area contributed by atoms with Crippen molar-refractivity contribution in [2.45, 2.75) is 57.3 Å². The standard InChI is InChI=1S/C19H26FN5O.2ClH/c1-2-13(20)11-22-19-23-12-16(17-5-3-4-10-21-17)18(25-19)24-14-6-8-15(26)9-7-14;;/h3-5,10,12-15,26H,2,6-9,11H2,1H3,(H2,22,23,24,25);2*1H/t13?,14-,15-;;. The lowest BCUT2D eigenvalue weighted by molar-refractivity contribution is 0.126. The van der Waals surface area contributed by atoms with E-state index in [9.17, 15) is 9.50 Å². The summed E-state index contributed by atoms with van der Waals surface area (Å²) in [6.45, 7) is 2.00. The molecule has 6 nitrogen and oxygen atoms in total. The lowest BCUT2D eigenvalue weighted by Gasteiger charge is -2.27. The first-order valence-corrected chi connectivity index (χ1v) is 9.26. The number of rotatable bonds is 7. The Kier molecular flexibility index (Phi) is 10.4. The van der Waals surface area contributed by atoms with E-state index in [0.29, 0.717) is 18.2 Å². The third kappa shape index (κ3) is 6.72. The van der Waals surface area contributed by atoms with Crippen LogP contribution in [-0.4, -0.2) is 44.9 Å². The van der Waals surface area contributed by atoms with Gasteiger partial charge >= 0.3 is 0 Å². The van der Waals surface area contributed by atoms with Crippen LogP contribution in [0.3, 0.4) is 0 Å². The van der Waals surface area contributed by atoms with Crippen LogP contribution in [0.2, 0.25) is 0 Å². The molecule has 3 rings (SSSR count). The van der Waals surface area contributed by atoms with Gasteiger partial charge in [-0.05, 0) is 44.2 Å². The highest BCUT2D eigenvalue weighted by molar-refractivity contribution is 5.85. The zero-order valence-corrected chi connectivity index (χ0v) is 17.5. The van der Waals surface area contributed by atoms with Gasteiger partial charge < -0.3 is 15.7 Å². The van der Waals surface area contributed by atoms with E-state index in [1.807, 2.05) is 25.1 Å². The van der Waals surface area contributed by atoms with E-state index in [2.05, 4.69) is 25.6 Å². The molecule has 2 aromatic rings. The van der Waals surface area contributed by atoms with Gasteiger partial charge in [-0.15, -0.1) is 24.8 Å². The molecule has 0 saturated heterocycles. The largest absolute Gasteiger partial charge is 0.393 e. The number of alkyl halides is 1. The summed E-state index contributed by atoms with van der Waals surface area (Å²) >= 11 is 0. The molecule has 1 saturated carbocycles. The number of nitrogens with zero attached hydrogens (tertiary/aromatic N) is 3. The van der Waals surface area contributed by atoms with Crippen molar-refractivity contribution >= 4 is 36.6 Å². The Morgan fingerprint density at radius 1 is 1.18 bits per heavy atom. The van der Waals surface area contributed by atoms with Crippen LogP contribution in [0.1, 0.15) is 39.0 Å². The fourth-order valence-electron chi connectivity index (χ4n) is 3.05. The predicted molar refractivity (Wildman–Crippen MR) is 115 cm³/mol. The van der Waals surface area contributed by atoms with E-state index in [0.717, 1.165) is 36.9 Å². The highest BCUT2D eigenvalue weighted by atomic mass is 35.5. The Morgan fingerprint density at radius 2 is 1.93 bits per heavy atom. The van der Waals surface area contributed by atoms with Gasteiger partial charge in [-0.25, -0.2) is 9.37 Å². The molecule has 0 radical (unpaired) electrons. The molecular formula is C19H28Cl2FN5O. The van der Waals surface area contributed by atoms with Gasteiger partial charge in [0.2, 0.25) is 5.95 Å². The van der Waals surface area contributed by atoms with Gasteiger partial charge in [0.05, 0.1) is 17.4 Å². The van der Waals surface area contributed by atoms with Crippen LogP contribution in [0.25, 0.3) is 11.3 Å². The van der Waals surface area contributed by atoms with Gasteiger partial charge in [0, 0.05) is 25.0 Å². The summed E-state index contributed by atoms with van der Waals surface area (Å²) in [6, 6.07) is 5.94. The maximum absolute atomic E-state index is 13.5. The van der Waals surface area contributed by atoms with Crippen LogP contribution in [-0.2, 0) is 0 Å². The van der Waals surface area contributed by atoms with Gasteiger partial charge in [-0.1, -0.05) is 13.0 Å². The SMILES string of the molecule is CCC(F)CNc1ncc(-c2ccccn2)c(N[C@H]2CC[C@H](O)CC2)n1.Cl.Cl. The second-order valence-corrected chi connectivity index (χ2v) is 6.71. The van der Waals surface area contributed by atoms with E-state index >= 15 is 0 Å². The van der Waals surface area contributed by atoms with Crippen LogP contribution >= 0.6 is 24.8 Å². The lowest BCUT2D eigenvalue weighted by Crippen LogP contribution is -2.29. The zero-order valence-electron chi connectivity index (χ0n) is 15.8. The number of halogens is 3. The first-order valence-electron chi connectivity index (χ1n) is 9.26. The Labute approximate surface area is 177 Å². The monoisotopic (exact) mass is 431 g/mol. The molecule has 1 aliphatic carbocycles. The zero-order chi connectivity index (χ0) is 18.4. The molecule has 0 amide bonds. The van der Waals surface area contributed by atoms with Crippen molar-refractivity contribution in [3.05, 3.63) is 30.6 Å². The van der Waals surface area contributed by atoms with Crippen molar-refractivity contribution in [1.82, 2.24) is 15.0 Å². The number of hydrogen-bond acceptors (Lipinski definition) is 6. The summed E-state index contributed by atoms with van der Waals surface area (Å²) in [5.41, 5.74) is 1.60. The number of pyridine rings is 1. The number of nitrogens with one attached hydrogen (secondary N) is 2. The van der Waals surface area contributed by atoms with Gasteiger partial charge in [-0.2, -0.15) is 4.98 Å². The molecule has 1 aliphatic rings. The molecule has 0 aliphatic heterocycles. The number of aliphatic hydroxyl groups is 1. The van der Waals surface area contributed by atoms with E-state index in [4.69, 9.17) is 0 Å². The molecule has 0 aromatic carbocycles. The summed E-state index contributed by atoms with van der Waals surface area (Å²) in [5, 5.41) is 16.1. The maximum Gasteiger partial charge on any atom is 0.224 e. The summed E-state index contributed by atoms with van der Waals surface area (Å²) < 4.78 is 13.5. The minimum absolute atomic E-state index is 0. The van der Waals surface area contributed by atoms with E-state index in [1.165, 1.54) is 0 Å². The molecule has 1 unspecified atom stereocenters. The van der Waals surface area contributed by atoms with Crippen molar-refractivity contribution in [2.24, 2.45) is 0 Å². The van der Waals surface area contributed by atoms with Crippen LogP contribution in [0.5, 0.6) is 0 Å². The number of aliphatic hydroxyl groups excluding tert-OH is 1. The van der Waals surface area contributed by atoms with Crippen molar-refractivity contribution in [2.75, 3.05) is 17.2 Å². The summed E-state index contributed by atoms with van der Waals surface area (Å²) in [5.74, 6) is 1.09. The Hall–Kier alpha value is -1.70. The van der Waals surface area contributed by atoms with E-state index in [-0.39, 0.29) is 43.5 Å². The second kappa shape index (κ2) is 12.0. The van der Waals surface area contributed by atoms with Crippen molar-refractivity contribution in [1.29, 1.82) is 0 Å². The van der Waals surface area contributed by atoms with Crippen molar-refractivity contribution in [3.8, 4) is 11.3 Å². The summed E-state index contributed by atoms with van der Waals surface area (Å²) in [7, 11) is 0. The molecule has 0 bridgehead atoms. The average Bonchev–Trinajstić information content (AvgIpc) is 2.68. The molecular weight excluding hydrogens is 404 g/mol. The first kappa shape index (κ1) is 24.3. The molecule has 3 N–H and O–H groups in total. The van der Waals surface area contributed by atoms with Gasteiger partial charge in [0.1, 0.15) is 12.0 Å². The molecule has 0 spiro atoms. The molecule has 1 atom stereocenters. The van der Waals surface area contributed by atoms with Crippen LogP contribution in [0.15, 0.2) is 30.6 Å². The van der Waals surface area contributed by atoms with E-state index < -0.39 is 6.17 Å². The molecule has 156 valence electrons. The number of hydrogen-bond donors (Lipinski definition) is 3. The fourth-order valence-corrected chi connectivity index (χ4v) is 3.05. The summed E-state index contributed by atoms with van der Waals surface area (Å²) in [6.07, 6.45) is 6.12. The minimum atomic E-state index is -0.926.